The quantitative estimate of drug-likeness (QED) is 0.838. The predicted molar refractivity (Wildman–Crippen MR) is 84.6 cm³/mol. The number of hydrogen-bond acceptors (Lipinski definition) is 3. The molecule has 1 N–H and O–H groups in total. The lowest BCUT2D eigenvalue weighted by Gasteiger charge is -2.20. The first-order valence-electron chi connectivity index (χ1n) is 7.79. The van der Waals surface area contributed by atoms with Crippen molar-refractivity contribution in [2.75, 3.05) is 20.6 Å². The Hall–Kier alpha value is -0.850. The van der Waals surface area contributed by atoms with Crippen LogP contribution in [0.25, 0.3) is 0 Å². The molecule has 0 atom stereocenters. The Morgan fingerprint density at radius 1 is 1.38 bits per heavy atom. The van der Waals surface area contributed by atoms with Gasteiger partial charge in [-0.25, -0.2) is 12.7 Å². The van der Waals surface area contributed by atoms with Gasteiger partial charge in [-0.15, -0.1) is 0 Å². The molecule has 1 heterocycles. The number of rotatable bonds is 7. The number of nitrogens with zero attached hydrogens (tertiary/aromatic N) is 2. The first-order valence-corrected chi connectivity index (χ1v) is 9.23. The van der Waals surface area contributed by atoms with Gasteiger partial charge in [-0.1, -0.05) is 12.8 Å². The van der Waals surface area contributed by atoms with Crippen LogP contribution in [0.5, 0.6) is 0 Å². The van der Waals surface area contributed by atoms with E-state index in [1.807, 2.05) is 18.5 Å². The van der Waals surface area contributed by atoms with E-state index in [2.05, 4.69) is 5.32 Å². The van der Waals surface area contributed by atoms with Crippen LogP contribution in [0.15, 0.2) is 17.2 Å². The van der Waals surface area contributed by atoms with Crippen molar-refractivity contribution in [1.82, 2.24) is 14.2 Å². The first-order chi connectivity index (χ1) is 9.98. The molecule has 21 heavy (non-hydrogen) atoms. The summed E-state index contributed by atoms with van der Waals surface area (Å²) in [4.78, 5) is 0.412. The van der Waals surface area contributed by atoms with Crippen molar-refractivity contribution >= 4 is 10.0 Å². The molecule has 0 aliphatic heterocycles. The topological polar surface area (TPSA) is 54.3 Å². The molecule has 0 unspecified atom stereocenters. The van der Waals surface area contributed by atoms with E-state index in [-0.39, 0.29) is 0 Å². The third-order valence-corrected chi connectivity index (χ3v) is 6.15. The van der Waals surface area contributed by atoms with Crippen LogP contribution in [0.1, 0.15) is 38.3 Å². The molecule has 2 rings (SSSR count). The van der Waals surface area contributed by atoms with Crippen LogP contribution < -0.4 is 5.32 Å². The van der Waals surface area contributed by atoms with E-state index in [9.17, 15) is 8.42 Å². The second kappa shape index (κ2) is 6.94. The number of aromatic nitrogens is 1. The highest BCUT2D eigenvalue weighted by atomic mass is 32.2. The molecule has 1 fully saturated rings. The third kappa shape index (κ3) is 3.67. The second-order valence-electron chi connectivity index (χ2n) is 5.92. The zero-order valence-electron chi connectivity index (χ0n) is 13.3. The van der Waals surface area contributed by atoms with Gasteiger partial charge in [0.2, 0.25) is 10.0 Å². The summed E-state index contributed by atoms with van der Waals surface area (Å²) >= 11 is 0. The minimum atomic E-state index is -3.37. The highest BCUT2D eigenvalue weighted by molar-refractivity contribution is 7.89. The Bertz CT molecular complexity index is 559. The van der Waals surface area contributed by atoms with Gasteiger partial charge in [0, 0.05) is 38.6 Å². The van der Waals surface area contributed by atoms with E-state index in [1.54, 1.807) is 19.3 Å². The monoisotopic (exact) mass is 313 g/mol. The molecule has 0 aromatic carbocycles. The molecule has 6 heteroatoms. The maximum atomic E-state index is 12.7. The Kier molecular flexibility index (Phi) is 5.46. The highest BCUT2D eigenvalue weighted by Crippen LogP contribution is 2.27. The van der Waals surface area contributed by atoms with Gasteiger partial charge in [0.15, 0.2) is 0 Å². The molecule has 0 amide bonds. The maximum Gasteiger partial charge on any atom is 0.244 e. The van der Waals surface area contributed by atoms with Crippen molar-refractivity contribution in [3.63, 3.8) is 0 Å². The van der Waals surface area contributed by atoms with Crippen LogP contribution in [0, 0.1) is 5.92 Å². The molecule has 0 radical (unpaired) electrons. The molecule has 1 aliphatic rings. The fraction of sp³-hybridized carbons (Fsp3) is 0.733. The van der Waals surface area contributed by atoms with Crippen LogP contribution in [0.3, 0.4) is 0 Å². The fourth-order valence-corrected chi connectivity index (χ4v) is 4.44. The lowest BCUT2D eigenvalue weighted by atomic mass is 10.1. The Morgan fingerprint density at radius 2 is 2.05 bits per heavy atom. The molecule has 1 aromatic heterocycles. The zero-order chi connectivity index (χ0) is 15.5. The van der Waals surface area contributed by atoms with Gasteiger partial charge in [-0.05, 0) is 38.8 Å². The standard InChI is InChI=1S/C15H27N3O2S/c1-4-18-12-15(9-14(18)10-16-2)21(19,20)17(3)11-13-7-5-6-8-13/h9,12-13,16H,4-8,10-11H2,1-3H3. The first kappa shape index (κ1) is 16.5. The summed E-state index contributed by atoms with van der Waals surface area (Å²) in [6.45, 7) is 4.12. The molecule has 120 valence electrons. The van der Waals surface area contributed by atoms with Crippen molar-refractivity contribution < 1.29 is 8.42 Å². The van der Waals surface area contributed by atoms with Crippen molar-refractivity contribution in [1.29, 1.82) is 0 Å². The Morgan fingerprint density at radius 3 is 2.62 bits per heavy atom. The number of nitrogens with one attached hydrogen (secondary N) is 1. The fourth-order valence-electron chi connectivity index (χ4n) is 3.12. The molecule has 0 spiro atoms. The molecular weight excluding hydrogens is 286 g/mol. The third-order valence-electron chi connectivity index (χ3n) is 4.36. The highest BCUT2D eigenvalue weighted by Gasteiger charge is 2.26. The molecule has 0 saturated heterocycles. The van der Waals surface area contributed by atoms with Crippen molar-refractivity contribution in [2.24, 2.45) is 5.92 Å². The molecule has 0 bridgehead atoms. The van der Waals surface area contributed by atoms with Gasteiger partial charge in [0.1, 0.15) is 4.90 Å². The number of aryl methyl sites for hydroxylation is 1. The molecule has 1 aromatic rings. The predicted octanol–water partition coefficient (Wildman–Crippen LogP) is 2.04. The van der Waals surface area contributed by atoms with E-state index in [4.69, 9.17) is 0 Å². The largest absolute Gasteiger partial charge is 0.349 e. The summed E-state index contributed by atoms with van der Waals surface area (Å²) in [5.74, 6) is 0.523. The smallest absolute Gasteiger partial charge is 0.244 e. The van der Waals surface area contributed by atoms with Gasteiger partial charge >= 0.3 is 0 Å². The van der Waals surface area contributed by atoms with Gasteiger partial charge in [0.25, 0.3) is 0 Å². The Labute approximate surface area is 128 Å². The average molecular weight is 313 g/mol. The van der Waals surface area contributed by atoms with Crippen molar-refractivity contribution in [2.45, 2.75) is 50.6 Å². The van der Waals surface area contributed by atoms with E-state index >= 15 is 0 Å². The van der Waals surface area contributed by atoms with E-state index in [0.29, 0.717) is 23.9 Å². The minimum absolute atomic E-state index is 0.412. The van der Waals surface area contributed by atoms with Crippen LogP contribution in [-0.2, 0) is 23.1 Å². The summed E-state index contributed by atoms with van der Waals surface area (Å²) in [7, 11) is 0.200. The molecule has 1 saturated carbocycles. The van der Waals surface area contributed by atoms with E-state index < -0.39 is 10.0 Å². The SMILES string of the molecule is CCn1cc(S(=O)(=O)N(C)CC2CCCC2)cc1CNC. The number of hydrogen-bond donors (Lipinski definition) is 1. The normalized spacial score (nSPS) is 17.0. The Balaban J connectivity index is 2.17. The second-order valence-corrected chi connectivity index (χ2v) is 7.96. The molecule has 1 aliphatic carbocycles. The van der Waals surface area contributed by atoms with Crippen molar-refractivity contribution in [3.8, 4) is 0 Å². The minimum Gasteiger partial charge on any atom is -0.349 e. The van der Waals surface area contributed by atoms with Crippen molar-refractivity contribution in [3.05, 3.63) is 18.0 Å². The van der Waals surface area contributed by atoms with Gasteiger partial charge in [0.05, 0.1) is 0 Å². The van der Waals surface area contributed by atoms with Crippen LogP contribution >= 0.6 is 0 Å². The summed E-state index contributed by atoms with van der Waals surface area (Å²) in [5.41, 5.74) is 1.01. The van der Waals surface area contributed by atoms with Gasteiger partial charge in [-0.3, -0.25) is 0 Å². The average Bonchev–Trinajstić information content (AvgIpc) is 3.08. The summed E-state index contributed by atoms with van der Waals surface area (Å²) in [6, 6.07) is 1.79. The number of sulfonamides is 1. The van der Waals surface area contributed by atoms with E-state index in [0.717, 1.165) is 25.1 Å². The summed E-state index contributed by atoms with van der Waals surface area (Å²) in [5, 5.41) is 3.08. The molecule has 5 nitrogen and oxygen atoms in total. The maximum absolute atomic E-state index is 12.7. The van der Waals surface area contributed by atoms with Gasteiger partial charge < -0.3 is 9.88 Å². The lowest BCUT2D eigenvalue weighted by molar-refractivity contribution is 0.387. The lowest BCUT2D eigenvalue weighted by Crippen LogP contribution is -2.31. The summed E-state index contributed by atoms with van der Waals surface area (Å²) in [6.07, 6.45) is 6.53. The van der Waals surface area contributed by atoms with Crippen LogP contribution in [0.4, 0.5) is 0 Å². The van der Waals surface area contributed by atoms with Gasteiger partial charge in [-0.2, -0.15) is 0 Å². The van der Waals surface area contributed by atoms with E-state index in [1.165, 1.54) is 17.1 Å². The van der Waals surface area contributed by atoms with Crippen LogP contribution in [0.2, 0.25) is 0 Å². The van der Waals surface area contributed by atoms with Crippen LogP contribution in [-0.4, -0.2) is 37.9 Å². The molecular formula is C15H27N3O2S. The zero-order valence-corrected chi connectivity index (χ0v) is 14.1. The summed E-state index contributed by atoms with van der Waals surface area (Å²) < 4.78 is 28.9.